The second kappa shape index (κ2) is 4.74. The summed E-state index contributed by atoms with van der Waals surface area (Å²) in [6, 6.07) is 8.19. The van der Waals surface area contributed by atoms with Crippen LogP contribution in [0.4, 0.5) is 4.39 Å². The zero-order valence-corrected chi connectivity index (χ0v) is 11.5. The number of nitrogens with zero attached hydrogens (tertiary/aromatic N) is 5. The first kappa shape index (κ1) is 12.2. The van der Waals surface area contributed by atoms with E-state index in [0.29, 0.717) is 6.42 Å². The van der Waals surface area contributed by atoms with Crippen molar-refractivity contribution in [1.29, 1.82) is 0 Å². The van der Waals surface area contributed by atoms with Crippen molar-refractivity contribution in [2.45, 2.75) is 6.42 Å². The Balaban J connectivity index is 1.71. The summed E-state index contributed by atoms with van der Waals surface area (Å²) in [4.78, 5) is 0.719. The van der Waals surface area contributed by atoms with E-state index in [1.165, 1.54) is 23.5 Å². The molecule has 1 N–H and O–H groups in total. The van der Waals surface area contributed by atoms with Gasteiger partial charge in [-0.25, -0.2) is 4.39 Å². The molecule has 3 aromatic heterocycles. The highest BCUT2D eigenvalue weighted by atomic mass is 32.1. The van der Waals surface area contributed by atoms with Crippen molar-refractivity contribution >= 4 is 16.3 Å². The minimum atomic E-state index is -0.250. The lowest BCUT2D eigenvalue weighted by atomic mass is 10.1. The zero-order chi connectivity index (χ0) is 14.2. The van der Waals surface area contributed by atoms with Crippen LogP contribution in [-0.4, -0.2) is 30.0 Å². The van der Waals surface area contributed by atoms with Crippen molar-refractivity contribution in [2.24, 2.45) is 0 Å². The molecule has 104 valence electrons. The molecule has 0 radical (unpaired) electrons. The van der Waals surface area contributed by atoms with E-state index >= 15 is 0 Å². The van der Waals surface area contributed by atoms with Gasteiger partial charge in [0.25, 0.3) is 0 Å². The van der Waals surface area contributed by atoms with Crippen LogP contribution in [0.25, 0.3) is 15.7 Å². The first-order chi connectivity index (χ1) is 10.3. The van der Waals surface area contributed by atoms with Gasteiger partial charge in [0.1, 0.15) is 5.82 Å². The molecule has 3 heterocycles. The molecule has 0 aliphatic rings. The molecule has 0 aliphatic heterocycles. The second-order valence-corrected chi connectivity index (χ2v) is 5.45. The van der Waals surface area contributed by atoms with E-state index in [4.69, 9.17) is 0 Å². The molecule has 0 saturated carbocycles. The Hall–Kier alpha value is -2.61. The largest absolute Gasteiger partial charge is 0.275 e. The fourth-order valence-corrected chi connectivity index (χ4v) is 2.87. The molecule has 6 nitrogen and oxygen atoms in total. The van der Waals surface area contributed by atoms with Gasteiger partial charge in [-0.2, -0.15) is 14.7 Å². The summed E-state index contributed by atoms with van der Waals surface area (Å²) < 4.78 is 14.6. The number of fused-ring (bicyclic) bond motifs is 1. The lowest BCUT2D eigenvalue weighted by Gasteiger charge is -1.98. The van der Waals surface area contributed by atoms with Crippen molar-refractivity contribution in [1.82, 2.24) is 30.0 Å². The van der Waals surface area contributed by atoms with Crippen LogP contribution in [0.1, 0.15) is 11.4 Å². The molecule has 21 heavy (non-hydrogen) atoms. The molecular weight excluding hydrogens is 291 g/mol. The number of nitrogens with one attached hydrogen (secondary N) is 1. The predicted octanol–water partition coefficient (Wildman–Crippen LogP) is 2.31. The topological polar surface area (TPSA) is 71.8 Å². The van der Waals surface area contributed by atoms with Gasteiger partial charge in [0.15, 0.2) is 10.8 Å². The van der Waals surface area contributed by atoms with E-state index in [0.717, 1.165) is 27.1 Å². The summed E-state index contributed by atoms with van der Waals surface area (Å²) in [5, 5.41) is 20.3. The van der Waals surface area contributed by atoms with Gasteiger partial charge in [-0.05, 0) is 23.8 Å². The SMILES string of the molecule is Fc1ccc(Cc2nnc3sc(-c4ccn[nH]4)nn23)cc1. The Labute approximate surface area is 122 Å². The van der Waals surface area contributed by atoms with E-state index in [-0.39, 0.29) is 5.82 Å². The summed E-state index contributed by atoms with van der Waals surface area (Å²) in [5.41, 5.74) is 1.81. The summed E-state index contributed by atoms with van der Waals surface area (Å²) in [7, 11) is 0. The van der Waals surface area contributed by atoms with Crippen LogP contribution in [0, 0.1) is 5.82 Å². The van der Waals surface area contributed by atoms with Crippen LogP contribution < -0.4 is 0 Å². The second-order valence-electron chi connectivity index (χ2n) is 4.49. The number of H-pyrrole nitrogens is 1. The third-order valence-electron chi connectivity index (χ3n) is 3.06. The normalized spacial score (nSPS) is 11.3. The van der Waals surface area contributed by atoms with E-state index in [1.54, 1.807) is 22.8 Å². The zero-order valence-electron chi connectivity index (χ0n) is 10.7. The Morgan fingerprint density at radius 2 is 2.00 bits per heavy atom. The minimum absolute atomic E-state index is 0.250. The molecule has 0 aliphatic carbocycles. The number of rotatable bonds is 3. The van der Waals surface area contributed by atoms with Gasteiger partial charge in [-0.3, -0.25) is 5.10 Å². The Morgan fingerprint density at radius 3 is 2.76 bits per heavy atom. The van der Waals surface area contributed by atoms with Gasteiger partial charge in [0.2, 0.25) is 4.96 Å². The van der Waals surface area contributed by atoms with Crippen LogP contribution in [0.15, 0.2) is 36.5 Å². The third-order valence-corrected chi connectivity index (χ3v) is 3.99. The number of hydrogen-bond acceptors (Lipinski definition) is 5. The van der Waals surface area contributed by atoms with Crippen LogP contribution in [0.5, 0.6) is 0 Å². The fourth-order valence-electron chi connectivity index (χ4n) is 2.04. The molecule has 0 fully saturated rings. The summed E-state index contributed by atoms with van der Waals surface area (Å²) in [5.74, 6) is 0.471. The molecule has 4 aromatic rings. The molecule has 0 unspecified atom stereocenters. The average molecular weight is 300 g/mol. The quantitative estimate of drug-likeness (QED) is 0.630. The van der Waals surface area contributed by atoms with Crippen molar-refractivity contribution in [3.63, 3.8) is 0 Å². The maximum Gasteiger partial charge on any atom is 0.235 e. The highest BCUT2D eigenvalue weighted by Crippen LogP contribution is 2.23. The van der Waals surface area contributed by atoms with Crippen molar-refractivity contribution in [2.75, 3.05) is 0 Å². The molecule has 0 bridgehead atoms. The Bertz CT molecular complexity index is 877. The Kier molecular flexibility index (Phi) is 2.74. The van der Waals surface area contributed by atoms with E-state index < -0.39 is 0 Å². The molecule has 0 amide bonds. The predicted molar refractivity (Wildman–Crippen MR) is 75.4 cm³/mol. The van der Waals surface area contributed by atoms with Gasteiger partial charge in [-0.1, -0.05) is 23.5 Å². The van der Waals surface area contributed by atoms with E-state index in [1.807, 2.05) is 6.07 Å². The monoisotopic (exact) mass is 300 g/mol. The van der Waals surface area contributed by atoms with Gasteiger partial charge in [0.05, 0.1) is 5.69 Å². The lowest BCUT2D eigenvalue weighted by molar-refractivity contribution is 0.627. The van der Waals surface area contributed by atoms with Gasteiger partial charge in [-0.15, -0.1) is 10.2 Å². The average Bonchev–Trinajstić information content (AvgIpc) is 3.18. The fraction of sp³-hybridized carbons (Fsp3) is 0.0769. The number of halogens is 1. The maximum atomic E-state index is 12.9. The van der Waals surface area contributed by atoms with Crippen molar-refractivity contribution in [3.05, 3.63) is 53.7 Å². The number of benzene rings is 1. The lowest BCUT2D eigenvalue weighted by Crippen LogP contribution is -1.97. The van der Waals surface area contributed by atoms with Gasteiger partial charge >= 0.3 is 0 Å². The standard InChI is InChI=1S/C13H9FN6S/c14-9-3-1-8(2-4-9)7-11-17-18-13-20(11)19-12(21-13)10-5-6-15-16-10/h1-6H,7H2,(H,15,16). The van der Waals surface area contributed by atoms with E-state index in [9.17, 15) is 4.39 Å². The van der Waals surface area contributed by atoms with E-state index in [2.05, 4.69) is 25.5 Å². The Morgan fingerprint density at radius 1 is 1.14 bits per heavy atom. The number of aromatic amines is 1. The van der Waals surface area contributed by atoms with Crippen LogP contribution in [0.2, 0.25) is 0 Å². The molecule has 0 spiro atoms. The smallest absolute Gasteiger partial charge is 0.235 e. The molecule has 4 rings (SSSR count). The highest BCUT2D eigenvalue weighted by molar-refractivity contribution is 7.19. The van der Waals surface area contributed by atoms with Gasteiger partial charge < -0.3 is 0 Å². The number of hydrogen-bond donors (Lipinski definition) is 1. The van der Waals surface area contributed by atoms with Crippen molar-refractivity contribution in [3.8, 4) is 10.7 Å². The first-order valence-electron chi connectivity index (χ1n) is 6.25. The minimum Gasteiger partial charge on any atom is -0.275 e. The summed E-state index contributed by atoms with van der Waals surface area (Å²) >= 11 is 1.44. The molecular formula is C13H9FN6S. The maximum absolute atomic E-state index is 12.9. The van der Waals surface area contributed by atoms with Crippen LogP contribution in [0.3, 0.4) is 0 Å². The molecule has 1 aromatic carbocycles. The molecule has 0 atom stereocenters. The third kappa shape index (κ3) is 2.19. The number of aromatic nitrogens is 6. The van der Waals surface area contributed by atoms with Crippen LogP contribution >= 0.6 is 11.3 Å². The summed E-state index contributed by atoms with van der Waals surface area (Å²) in [6.07, 6.45) is 2.23. The van der Waals surface area contributed by atoms with Crippen molar-refractivity contribution < 1.29 is 4.39 Å². The first-order valence-corrected chi connectivity index (χ1v) is 7.06. The van der Waals surface area contributed by atoms with Gasteiger partial charge in [0, 0.05) is 12.6 Å². The van der Waals surface area contributed by atoms with Crippen LogP contribution in [-0.2, 0) is 6.42 Å². The summed E-state index contributed by atoms with van der Waals surface area (Å²) in [6.45, 7) is 0. The highest BCUT2D eigenvalue weighted by Gasteiger charge is 2.13. The molecule has 0 saturated heterocycles. The molecule has 8 heteroatoms.